The van der Waals surface area contributed by atoms with Gasteiger partial charge in [0.15, 0.2) is 0 Å². The topological polar surface area (TPSA) is 97.3 Å². The number of amides is 1. The number of halogens is 1. The van der Waals surface area contributed by atoms with Gasteiger partial charge in [-0.05, 0) is 50.1 Å². The van der Waals surface area contributed by atoms with Crippen molar-refractivity contribution in [3.63, 3.8) is 0 Å². The first-order valence-electron chi connectivity index (χ1n) is 10.9. The van der Waals surface area contributed by atoms with Crippen molar-refractivity contribution in [1.29, 1.82) is 0 Å². The first-order chi connectivity index (χ1) is 15.9. The van der Waals surface area contributed by atoms with Crippen LogP contribution in [0.1, 0.15) is 38.2 Å². The van der Waals surface area contributed by atoms with Crippen molar-refractivity contribution >= 4 is 27.3 Å². The van der Waals surface area contributed by atoms with E-state index in [1.807, 2.05) is 0 Å². The van der Waals surface area contributed by atoms with Crippen LogP contribution in [-0.4, -0.2) is 50.1 Å². The Kier molecular flexibility index (Phi) is 6.94. The molecule has 1 fully saturated rings. The second kappa shape index (κ2) is 9.88. The van der Waals surface area contributed by atoms with Gasteiger partial charge >= 0.3 is 0 Å². The summed E-state index contributed by atoms with van der Waals surface area (Å²) in [6.07, 6.45) is 1.89. The Labute approximate surface area is 192 Å². The summed E-state index contributed by atoms with van der Waals surface area (Å²) in [7, 11) is -3.77. The maximum atomic E-state index is 13.5. The van der Waals surface area contributed by atoms with Crippen LogP contribution in [0.4, 0.5) is 10.1 Å². The molecule has 0 aromatic heterocycles. The van der Waals surface area contributed by atoms with Crippen LogP contribution in [0.3, 0.4) is 0 Å². The Hall–Kier alpha value is -2.98. The zero-order valence-electron chi connectivity index (χ0n) is 18.3. The molecule has 1 amide bonds. The van der Waals surface area contributed by atoms with Crippen molar-refractivity contribution in [2.75, 3.05) is 25.0 Å². The summed E-state index contributed by atoms with van der Waals surface area (Å²) in [5, 5.41) is 6.62. The van der Waals surface area contributed by atoms with Crippen molar-refractivity contribution < 1.29 is 27.2 Å². The van der Waals surface area contributed by atoms with Crippen LogP contribution in [0.2, 0.25) is 0 Å². The second-order valence-corrected chi connectivity index (χ2v) is 9.80. The standard InChI is InChI=1S/C23H26FN3O5S/c1-2-31-20-10-9-18(14-22(20)33(29,30)27-11-4-3-5-12-27)25-23(28)21-15-19(26-32-21)16-7-6-8-17(24)13-16/h6-10,13-14,21H,2-5,11-12,15H2,1H3,(H,25,28). The number of anilines is 1. The van der Waals surface area contributed by atoms with E-state index in [0.29, 0.717) is 36.7 Å². The van der Waals surface area contributed by atoms with Gasteiger partial charge in [-0.2, -0.15) is 4.31 Å². The molecule has 2 aliphatic heterocycles. The van der Waals surface area contributed by atoms with Gasteiger partial charge in [0.2, 0.25) is 16.1 Å². The number of rotatable bonds is 7. The van der Waals surface area contributed by atoms with Crippen molar-refractivity contribution in [3.8, 4) is 5.75 Å². The van der Waals surface area contributed by atoms with Crippen molar-refractivity contribution in [1.82, 2.24) is 4.31 Å². The summed E-state index contributed by atoms with van der Waals surface area (Å²) in [5.74, 6) is -0.634. The van der Waals surface area contributed by atoms with Gasteiger partial charge in [0.1, 0.15) is 16.5 Å². The molecule has 0 aliphatic carbocycles. The SMILES string of the molecule is CCOc1ccc(NC(=O)C2CC(c3cccc(F)c3)=NO2)cc1S(=O)(=O)N1CCCCC1. The molecule has 1 N–H and O–H groups in total. The molecule has 2 aromatic rings. The molecular formula is C23H26FN3O5S. The molecule has 2 aliphatic rings. The average molecular weight is 476 g/mol. The van der Waals surface area contributed by atoms with Crippen LogP contribution in [0.15, 0.2) is 52.5 Å². The number of nitrogens with one attached hydrogen (secondary N) is 1. The van der Waals surface area contributed by atoms with Crippen LogP contribution in [0.5, 0.6) is 5.75 Å². The number of ether oxygens (including phenoxy) is 1. The van der Waals surface area contributed by atoms with E-state index in [0.717, 1.165) is 19.3 Å². The van der Waals surface area contributed by atoms with Crippen LogP contribution in [0.25, 0.3) is 0 Å². The highest BCUT2D eigenvalue weighted by atomic mass is 32.2. The highest BCUT2D eigenvalue weighted by Gasteiger charge is 2.31. The van der Waals surface area contributed by atoms with Gasteiger partial charge in [0.05, 0.1) is 12.3 Å². The molecule has 1 saturated heterocycles. The average Bonchev–Trinajstić information content (AvgIpc) is 3.31. The molecule has 0 spiro atoms. The fourth-order valence-corrected chi connectivity index (χ4v) is 5.56. The van der Waals surface area contributed by atoms with E-state index in [1.165, 1.54) is 22.5 Å². The summed E-state index contributed by atoms with van der Waals surface area (Å²) in [4.78, 5) is 18.0. The van der Waals surface area contributed by atoms with Gasteiger partial charge in [0, 0.05) is 30.8 Å². The molecule has 1 unspecified atom stereocenters. The molecule has 2 aromatic carbocycles. The molecule has 4 rings (SSSR count). The molecule has 1 atom stereocenters. The lowest BCUT2D eigenvalue weighted by Gasteiger charge is -2.27. The Bertz CT molecular complexity index is 1160. The molecule has 176 valence electrons. The lowest BCUT2D eigenvalue weighted by Crippen LogP contribution is -2.36. The molecule has 2 heterocycles. The molecule has 10 heteroatoms. The Balaban J connectivity index is 1.50. The molecular weight excluding hydrogens is 449 g/mol. The van der Waals surface area contributed by atoms with Gasteiger partial charge in [-0.1, -0.05) is 23.7 Å². The fourth-order valence-electron chi connectivity index (χ4n) is 3.89. The predicted molar refractivity (Wildman–Crippen MR) is 121 cm³/mol. The van der Waals surface area contributed by atoms with Crippen LogP contribution >= 0.6 is 0 Å². The van der Waals surface area contributed by atoms with Crippen LogP contribution in [0, 0.1) is 5.82 Å². The van der Waals surface area contributed by atoms with Gasteiger partial charge in [-0.3, -0.25) is 4.79 Å². The zero-order chi connectivity index (χ0) is 23.4. The summed E-state index contributed by atoms with van der Waals surface area (Å²) < 4.78 is 47.0. The Morgan fingerprint density at radius 2 is 2.00 bits per heavy atom. The number of piperidine rings is 1. The Morgan fingerprint density at radius 1 is 1.21 bits per heavy atom. The molecule has 0 bridgehead atoms. The number of carbonyl (C=O) groups excluding carboxylic acids is 1. The van der Waals surface area contributed by atoms with E-state index in [-0.39, 0.29) is 17.1 Å². The van der Waals surface area contributed by atoms with E-state index >= 15 is 0 Å². The predicted octanol–water partition coefficient (Wildman–Crippen LogP) is 3.53. The van der Waals surface area contributed by atoms with E-state index in [2.05, 4.69) is 10.5 Å². The fraction of sp³-hybridized carbons (Fsp3) is 0.391. The minimum absolute atomic E-state index is 0.0214. The van der Waals surface area contributed by atoms with Gasteiger partial charge < -0.3 is 14.9 Å². The number of sulfonamides is 1. The van der Waals surface area contributed by atoms with Crippen molar-refractivity contribution in [2.24, 2.45) is 5.16 Å². The normalized spacial score (nSPS) is 19.0. The number of hydrogen-bond donors (Lipinski definition) is 1. The summed E-state index contributed by atoms with van der Waals surface area (Å²) in [5.41, 5.74) is 1.32. The van der Waals surface area contributed by atoms with E-state index in [4.69, 9.17) is 9.57 Å². The van der Waals surface area contributed by atoms with E-state index < -0.39 is 27.9 Å². The summed E-state index contributed by atoms with van der Waals surface area (Å²) >= 11 is 0. The molecule has 8 nitrogen and oxygen atoms in total. The first kappa shape index (κ1) is 23.2. The number of benzene rings is 2. The third kappa shape index (κ3) is 5.17. The third-order valence-corrected chi connectivity index (χ3v) is 7.48. The van der Waals surface area contributed by atoms with Gasteiger partial charge in [-0.15, -0.1) is 0 Å². The summed E-state index contributed by atoms with van der Waals surface area (Å²) in [6.45, 7) is 3.01. The van der Waals surface area contributed by atoms with E-state index in [1.54, 1.807) is 31.2 Å². The minimum Gasteiger partial charge on any atom is -0.492 e. The molecule has 0 radical (unpaired) electrons. The maximum Gasteiger partial charge on any atom is 0.268 e. The largest absolute Gasteiger partial charge is 0.492 e. The van der Waals surface area contributed by atoms with Crippen molar-refractivity contribution in [2.45, 2.75) is 43.6 Å². The molecule has 33 heavy (non-hydrogen) atoms. The lowest BCUT2D eigenvalue weighted by atomic mass is 10.0. The third-order valence-electron chi connectivity index (χ3n) is 5.56. The maximum absolute atomic E-state index is 13.5. The minimum atomic E-state index is -3.77. The number of hydrogen-bond acceptors (Lipinski definition) is 6. The zero-order valence-corrected chi connectivity index (χ0v) is 19.1. The van der Waals surface area contributed by atoms with Crippen molar-refractivity contribution in [3.05, 3.63) is 53.8 Å². The highest BCUT2D eigenvalue weighted by Crippen LogP contribution is 2.32. The second-order valence-electron chi connectivity index (χ2n) is 7.90. The first-order valence-corrected chi connectivity index (χ1v) is 12.4. The quantitative estimate of drug-likeness (QED) is 0.661. The molecule has 0 saturated carbocycles. The summed E-state index contributed by atoms with van der Waals surface area (Å²) in [6, 6.07) is 10.4. The van der Waals surface area contributed by atoms with E-state index in [9.17, 15) is 17.6 Å². The van der Waals surface area contributed by atoms with Gasteiger partial charge in [-0.25, -0.2) is 12.8 Å². The monoisotopic (exact) mass is 475 g/mol. The highest BCUT2D eigenvalue weighted by molar-refractivity contribution is 7.89. The smallest absolute Gasteiger partial charge is 0.268 e. The lowest BCUT2D eigenvalue weighted by molar-refractivity contribution is -0.125. The van der Waals surface area contributed by atoms with Crippen LogP contribution in [-0.2, 0) is 19.7 Å². The number of nitrogens with zero attached hydrogens (tertiary/aromatic N) is 2. The Morgan fingerprint density at radius 3 is 2.73 bits per heavy atom. The number of carbonyl (C=O) groups is 1. The number of oxime groups is 1. The van der Waals surface area contributed by atoms with Gasteiger partial charge in [0.25, 0.3) is 5.91 Å². The van der Waals surface area contributed by atoms with Crippen LogP contribution < -0.4 is 10.1 Å².